The summed E-state index contributed by atoms with van der Waals surface area (Å²) in [7, 11) is 0. The maximum Gasteiger partial charge on any atom is 0.182 e. The molecule has 27 heavy (non-hydrogen) atoms. The molecule has 0 atom stereocenters. The average molecular weight is 381 g/mol. The molecular weight excluding hydrogens is 361 g/mol. The highest BCUT2D eigenvalue weighted by Crippen LogP contribution is 2.44. The van der Waals surface area contributed by atoms with Crippen molar-refractivity contribution in [2.24, 2.45) is 0 Å². The van der Waals surface area contributed by atoms with Gasteiger partial charge in [-0.15, -0.1) is 16.4 Å². The van der Waals surface area contributed by atoms with Crippen LogP contribution in [0.4, 0.5) is 4.39 Å². The van der Waals surface area contributed by atoms with Crippen molar-refractivity contribution in [2.45, 2.75) is 45.2 Å². The van der Waals surface area contributed by atoms with Crippen molar-refractivity contribution in [1.82, 2.24) is 24.9 Å². The first-order chi connectivity index (χ1) is 12.7. The highest BCUT2D eigenvalue weighted by atomic mass is 32.1. The van der Waals surface area contributed by atoms with Crippen molar-refractivity contribution >= 4 is 27.2 Å². The normalized spacial score (nSPS) is 18.1. The van der Waals surface area contributed by atoms with Gasteiger partial charge in [0.25, 0.3) is 0 Å². The molecule has 0 amide bonds. The molecule has 138 valence electrons. The lowest BCUT2D eigenvalue weighted by Gasteiger charge is -2.42. The first kappa shape index (κ1) is 16.8. The van der Waals surface area contributed by atoms with Gasteiger partial charge in [0.15, 0.2) is 11.5 Å². The van der Waals surface area contributed by atoms with Crippen molar-refractivity contribution < 1.29 is 4.39 Å². The quantitative estimate of drug-likeness (QED) is 0.534. The van der Waals surface area contributed by atoms with Gasteiger partial charge in [-0.1, -0.05) is 0 Å². The molecule has 4 heterocycles. The Balaban J connectivity index is 1.78. The zero-order valence-electron chi connectivity index (χ0n) is 15.7. The summed E-state index contributed by atoms with van der Waals surface area (Å²) in [5.74, 6) is 0.312. The SMILES string of the molecule is CC1(C)Cc2c(sc3ncn4nc(-c5ccc(F)cc5)nc4c23)C(C)(C)N1. The van der Waals surface area contributed by atoms with Crippen LogP contribution < -0.4 is 5.32 Å². The molecule has 1 N–H and O–H groups in total. The monoisotopic (exact) mass is 381 g/mol. The predicted octanol–water partition coefficient (Wildman–Crippen LogP) is 4.30. The minimum Gasteiger partial charge on any atom is -0.302 e. The van der Waals surface area contributed by atoms with E-state index in [-0.39, 0.29) is 16.9 Å². The smallest absolute Gasteiger partial charge is 0.182 e. The summed E-state index contributed by atoms with van der Waals surface area (Å²) >= 11 is 1.72. The molecule has 5 rings (SSSR count). The van der Waals surface area contributed by atoms with E-state index in [1.165, 1.54) is 22.6 Å². The van der Waals surface area contributed by atoms with Gasteiger partial charge in [-0.25, -0.2) is 18.9 Å². The first-order valence-corrected chi connectivity index (χ1v) is 9.78. The lowest BCUT2D eigenvalue weighted by Crippen LogP contribution is -2.54. The van der Waals surface area contributed by atoms with Gasteiger partial charge in [0.05, 0.1) is 5.39 Å². The Morgan fingerprint density at radius 1 is 1.15 bits per heavy atom. The maximum absolute atomic E-state index is 13.2. The largest absolute Gasteiger partial charge is 0.302 e. The topological polar surface area (TPSA) is 55.1 Å². The summed E-state index contributed by atoms with van der Waals surface area (Å²) in [6.07, 6.45) is 2.62. The third kappa shape index (κ3) is 2.56. The molecule has 0 fully saturated rings. The number of nitrogens with zero attached hydrogens (tertiary/aromatic N) is 4. The number of thiophene rings is 1. The van der Waals surface area contributed by atoms with Crippen LogP contribution in [0.5, 0.6) is 0 Å². The van der Waals surface area contributed by atoms with Crippen LogP contribution in [0.1, 0.15) is 38.1 Å². The van der Waals surface area contributed by atoms with Crippen molar-refractivity contribution in [3.05, 3.63) is 46.9 Å². The van der Waals surface area contributed by atoms with Crippen molar-refractivity contribution in [3.63, 3.8) is 0 Å². The number of fused-ring (bicyclic) bond motifs is 5. The number of benzene rings is 1. The Labute approximate surface area is 160 Å². The van der Waals surface area contributed by atoms with Crippen molar-refractivity contribution in [1.29, 1.82) is 0 Å². The zero-order chi connectivity index (χ0) is 19.0. The Morgan fingerprint density at radius 3 is 2.63 bits per heavy atom. The van der Waals surface area contributed by atoms with E-state index in [0.29, 0.717) is 5.82 Å². The molecule has 0 saturated carbocycles. The number of halogens is 1. The number of nitrogens with one attached hydrogen (secondary N) is 1. The zero-order valence-corrected chi connectivity index (χ0v) is 16.5. The number of hydrogen-bond donors (Lipinski definition) is 1. The lowest BCUT2D eigenvalue weighted by molar-refractivity contribution is 0.248. The summed E-state index contributed by atoms with van der Waals surface area (Å²) < 4.78 is 15.0. The van der Waals surface area contributed by atoms with Crippen LogP contribution in [0.15, 0.2) is 30.6 Å². The molecule has 3 aromatic heterocycles. The Morgan fingerprint density at radius 2 is 1.89 bits per heavy atom. The fraction of sp³-hybridized carbons (Fsp3) is 0.350. The molecule has 0 spiro atoms. The molecule has 7 heteroatoms. The molecule has 1 aliphatic rings. The van der Waals surface area contributed by atoms with E-state index >= 15 is 0 Å². The molecule has 4 aromatic rings. The van der Waals surface area contributed by atoms with Gasteiger partial charge < -0.3 is 5.32 Å². The van der Waals surface area contributed by atoms with Gasteiger partial charge in [0.2, 0.25) is 0 Å². The minimum atomic E-state index is -0.268. The van der Waals surface area contributed by atoms with Gasteiger partial charge in [-0.3, -0.25) is 0 Å². The minimum absolute atomic E-state index is 0.0167. The van der Waals surface area contributed by atoms with Crippen LogP contribution in [-0.2, 0) is 12.0 Å². The number of aromatic nitrogens is 4. The predicted molar refractivity (Wildman–Crippen MR) is 106 cm³/mol. The van der Waals surface area contributed by atoms with Gasteiger partial charge >= 0.3 is 0 Å². The lowest BCUT2D eigenvalue weighted by atomic mass is 9.82. The molecule has 0 aliphatic carbocycles. The average Bonchev–Trinajstić information content (AvgIpc) is 3.15. The number of rotatable bonds is 1. The summed E-state index contributed by atoms with van der Waals surface area (Å²) in [5.41, 5.74) is 2.76. The second-order valence-electron chi connectivity index (χ2n) is 8.36. The second-order valence-corrected chi connectivity index (χ2v) is 9.35. The molecule has 0 radical (unpaired) electrons. The third-order valence-corrected chi connectivity index (χ3v) is 6.53. The van der Waals surface area contributed by atoms with Crippen molar-refractivity contribution in [2.75, 3.05) is 0 Å². The van der Waals surface area contributed by atoms with Gasteiger partial charge in [-0.05, 0) is 63.9 Å². The Kier molecular flexibility index (Phi) is 3.31. The van der Waals surface area contributed by atoms with E-state index in [1.807, 2.05) is 0 Å². The van der Waals surface area contributed by atoms with Crippen LogP contribution in [-0.4, -0.2) is 25.1 Å². The Hall–Kier alpha value is -2.38. The van der Waals surface area contributed by atoms with E-state index < -0.39 is 0 Å². The van der Waals surface area contributed by atoms with Crippen molar-refractivity contribution in [3.8, 4) is 11.4 Å². The molecular formula is C20H20FN5S. The summed E-state index contributed by atoms with van der Waals surface area (Å²) in [4.78, 5) is 11.7. The first-order valence-electron chi connectivity index (χ1n) is 8.96. The van der Waals surface area contributed by atoms with E-state index in [9.17, 15) is 4.39 Å². The fourth-order valence-corrected chi connectivity index (χ4v) is 5.45. The van der Waals surface area contributed by atoms with Gasteiger partial charge in [0, 0.05) is 21.5 Å². The summed E-state index contributed by atoms with van der Waals surface area (Å²) in [6.45, 7) is 8.88. The highest BCUT2D eigenvalue weighted by Gasteiger charge is 2.39. The summed E-state index contributed by atoms with van der Waals surface area (Å²) in [5, 5.41) is 9.40. The molecule has 0 saturated heterocycles. The Bertz CT molecular complexity index is 1190. The van der Waals surface area contributed by atoms with Crippen LogP contribution >= 0.6 is 11.3 Å². The van der Waals surface area contributed by atoms with E-state index in [2.05, 4.69) is 43.1 Å². The molecule has 0 unspecified atom stereocenters. The third-order valence-electron chi connectivity index (χ3n) is 5.07. The standard InChI is InChI=1S/C20H20FN5S/c1-19(2)9-13-14-17-23-16(11-5-7-12(21)8-6-11)24-26(17)10-22-18(14)27-15(13)20(3,4)25-19/h5-8,10,25H,9H2,1-4H3. The van der Waals surface area contributed by atoms with Crippen LogP contribution in [0, 0.1) is 5.82 Å². The van der Waals surface area contributed by atoms with Crippen LogP contribution in [0.25, 0.3) is 27.3 Å². The molecule has 1 aromatic carbocycles. The van der Waals surface area contributed by atoms with E-state index in [4.69, 9.17) is 4.98 Å². The molecule has 1 aliphatic heterocycles. The van der Waals surface area contributed by atoms with Crippen LogP contribution in [0.2, 0.25) is 0 Å². The van der Waals surface area contributed by atoms with Gasteiger partial charge in [0.1, 0.15) is 17.0 Å². The fourth-order valence-electron chi connectivity index (χ4n) is 4.24. The second kappa shape index (κ2) is 5.33. The maximum atomic E-state index is 13.2. The molecule has 5 nitrogen and oxygen atoms in total. The molecule has 0 bridgehead atoms. The van der Waals surface area contributed by atoms with Gasteiger partial charge in [-0.2, -0.15) is 0 Å². The van der Waals surface area contributed by atoms with E-state index in [0.717, 1.165) is 27.8 Å². The van der Waals surface area contributed by atoms with E-state index in [1.54, 1.807) is 34.3 Å². The highest BCUT2D eigenvalue weighted by molar-refractivity contribution is 7.19. The van der Waals surface area contributed by atoms with Crippen LogP contribution in [0.3, 0.4) is 0 Å². The number of hydrogen-bond acceptors (Lipinski definition) is 5. The summed E-state index contributed by atoms with van der Waals surface area (Å²) in [6, 6.07) is 6.26.